The number of thiophene rings is 1. The van der Waals surface area contributed by atoms with E-state index in [0.717, 1.165) is 43.8 Å². The molecule has 4 nitrogen and oxygen atoms in total. The Morgan fingerprint density at radius 1 is 1.26 bits per heavy atom. The zero-order chi connectivity index (χ0) is 14.3. The molecule has 0 saturated heterocycles. The van der Waals surface area contributed by atoms with Crippen LogP contribution in [0.1, 0.15) is 26.7 Å². The average molecular weight is 325 g/mol. The van der Waals surface area contributed by atoms with Crippen LogP contribution in [0.15, 0.2) is 16.3 Å². The molecule has 0 spiro atoms. The number of rotatable bonds is 9. The molecule has 0 fully saturated rings. The lowest BCUT2D eigenvalue weighted by atomic mass is 10.3. The summed E-state index contributed by atoms with van der Waals surface area (Å²) in [6, 6.07) is 3.13. The fourth-order valence-corrected chi connectivity index (χ4v) is 4.32. The molecule has 1 rings (SSSR count). The second-order valence-electron chi connectivity index (χ2n) is 4.19. The third-order valence-electron chi connectivity index (χ3n) is 2.90. The van der Waals surface area contributed by atoms with Gasteiger partial charge in [0.2, 0.25) is 10.0 Å². The van der Waals surface area contributed by atoms with E-state index in [1.165, 1.54) is 6.07 Å². The molecule has 1 aromatic rings. The van der Waals surface area contributed by atoms with Crippen LogP contribution >= 0.6 is 22.9 Å². The second-order valence-corrected chi connectivity index (χ2v) is 7.90. The summed E-state index contributed by atoms with van der Waals surface area (Å²) >= 11 is 6.82. The van der Waals surface area contributed by atoms with Gasteiger partial charge in [-0.2, -0.15) is 0 Å². The topological polar surface area (TPSA) is 49.4 Å². The molecular weight excluding hydrogens is 304 g/mol. The van der Waals surface area contributed by atoms with E-state index in [2.05, 4.69) is 23.5 Å². The van der Waals surface area contributed by atoms with Crippen molar-refractivity contribution < 1.29 is 8.42 Å². The normalized spacial score (nSPS) is 12.2. The summed E-state index contributed by atoms with van der Waals surface area (Å²) in [5.41, 5.74) is 0. The summed E-state index contributed by atoms with van der Waals surface area (Å²) in [5, 5.41) is 0. The van der Waals surface area contributed by atoms with Crippen molar-refractivity contribution in [1.29, 1.82) is 0 Å². The van der Waals surface area contributed by atoms with Gasteiger partial charge in [0.1, 0.15) is 4.21 Å². The lowest BCUT2D eigenvalue weighted by Crippen LogP contribution is -2.27. The number of nitrogens with zero attached hydrogens (tertiary/aromatic N) is 1. The van der Waals surface area contributed by atoms with Crippen LogP contribution in [-0.4, -0.2) is 39.5 Å². The van der Waals surface area contributed by atoms with Crippen molar-refractivity contribution in [1.82, 2.24) is 9.62 Å². The lowest BCUT2D eigenvalue weighted by Gasteiger charge is -2.17. The van der Waals surface area contributed by atoms with Crippen LogP contribution < -0.4 is 4.72 Å². The van der Waals surface area contributed by atoms with Crippen molar-refractivity contribution >= 4 is 33.0 Å². The van der Waals surface area contributed by atoms with E-state index in [-0.39, 0.29) is 4.21 Å². The molecule has 19 heavy (non-hydrogen) atoms. The van der Waals surface area contributed by atoms with Gasteiger partial charge in [-0.25, -0.2) is 13.1 Å². The van der Waals surface area contributed by atoms with Crippen LogP contribution in [0.3, 0.4) is 0 Å². The molecule has 0 aliphatic carbocycles. The standard InChI is InChI=1S/C12H21ClN2O2S2/c1-3-15(4-2)10-6-5-9-14-19(16,17)12-8-7-11(13)18-12/h7-8,14H,3-6,9-10H2,1-2H3. The number of hydrogen-bond donors (Lipinski definition) is 1. The van der Waals surface area contributed by atoms with Gasteiger partial charge >= 0.3 is 0 Å². The van der Waals surface area contributed by atoms with Crippen molar-refractivity contribution in [2.45, 2.75) is 30.9 Å². The molecule has 7 heteroatoms. The maximum Gasteiger partial charge on any atom is 0.250 e. The van der Waals surface area contributed by atoms with E-state index < -0.39 is 10.0 Å². The maximum absolute atomic E-state index is 11.9. The van der Waals surface area contributed by atoms with Crippen LogP contribution in [0.5, 0.6) is 0 Å². The highest BCUT2D eigenvalue weighted by Crippen LogP contribution is 2.25. The van der Waals surface area contributed by atoms with Gasteiger partial charge in [-0.1, -0.05) is 25.4 Å². The fraction of sp³-hybridized carbons (Fsp3) is 0.667. The summed E-state index contributed by atoms with van der Waals surface area (Å²) < 4.78 is 27.1. The maximum atomic E-state index is 11.9. The number of sulfonamides is 1. The highest BCUT2D eigenvalue weighted by atomic mass is 35.5. The van der Waals surface area contributed by atoms with Gasteiger partial charge in [0.25, 0.3) is 0 Å². The predicted octanol–water partition coefficient (Wildman–Crippen LogP) is 2.80. The highest BCUT2D eigenvalue weighted by Gasteiger charge is 2.15. The zero-order valence-corrected chi connectivity index (χ0v) is 13.7. The van der Waals surface area contributed by atoms with Crippen LogP contribution in [0, 0.1) is 0 Å². The summed E-state index contributed by atoms with van der Waals surface area (Å²) in [5.74, 6) is 0. The van der Waals surface area contributed by atoms with E-state index in [1.54, 1.807) is 6.07 Å². The minimum absolute atomic E-state index is 0.279. The molecule has 1 heterocycles. The summed E-state index contributed by atoms with van der Waals surface area (Å²) in [7, 11) is -3.38. The minimum atomic E-state index is -3.38. The quantitative estimate of drug-likeness (QED) is 0.711. The lowest BCUT2D eigenvalue weighted by molar-refractivity contribution is 0.297. The highest BCUT2D eigenvalue weighted by molar-refractivity contribution is 7.91. The predicted molar refractivity (Wildman–Crippen MR) is 81.5 cm³/mol. The molecule has 0 aromatic carbocycles. The average Bonchev–Trinajstić information content (AvgIpc) is 2.81. The molecule has 0 bridgehead atoms. The molecule has 110 valence electrons. The molecule has 0 unspecified atom stereocenters. The molecule has 1 aromatic heterocycles. The van der Waals surface area contributed by atoms with Crippen molar-refractivity contribution in [2.75, 3.05) is 26.2 Å². The van der Waals surface area contributed by atoms with Crippen LogP contribution in [-0.2, 0) is 10.0 Å². The molecule has 0 aliphatic rings. The Bertz CT molecular complexity index is 470. The number of unbranched alkanes of at least 4 members (excludes halogenated alkanes) is 1. The van der Waals surface area contributed by atoms with Gasteiger partial charge in [-0.3, -0.25) is 0 Å². The summed E-state index contributed by atoms with van der Waals surface area (Å²) in [4.78, 5) is 2.33. The van der Waals surface area contributed by atoms with Crippen molar-refractivity contribution in [2.24, 2.45) is 0 Å². The first-order chi connectivity index (χ1) is 8.99. The molecule has 0 atom stereocenters. The Morgan fingerprint density at radius 3 is 2.47 bits per heavy atom. The summed E-state index contributed by atoms with van der Waals surface area (Å²) in [6.07, 6.45) is 1.84. The van der Waals surface area contributed by atoms with Crippen molar-refractivity contribution in [3.8, 4) is 0 Å². The van der Waals surface area contributed by atoms with Gasteiger partial charge in [0, 0.05) is 6.54 Å². The van der Waals surface area contributed by atoms with Crippen molar-refractivity contribution in [3.63, 3.8) is 0 Å². The fourth-order valence-electron chi connectivity index (χ4n) is 1.72. The van der Waals surface area contributed by atoms with E-state index in [1.807, 2.05) is 0 Å². The van der Waals surface area contributed by atoms with Gasteiger partial charge in [-0.05, 0) is 44.6 Å². The van der Waals surface area contributed by atoms with Gasteiger partial charge in [0.15, 0.2) is 0 Å². The third-order valence-corrected chi connectivity index (χ3v) is 6.09. The van der Waals surface area contributed by atoms with E-state index >= 15 is 0 Å². The Labute approximate surface area is 124 Å². The van der Waals surface area contributed by atoms with Gasteiger partial charge in [-0.15, -0.1) is 11.3 Å². The Hall–Kier alpha value is -0.140. The van der Waals surface area contributed by atoms with Crippen LogP contribution in [0.2, 0.25) is 4.34 Å². The molecule has 0 aliphatic heterocycles. The summed E-state index contributed by atoms with van der Waals surface area (Å²) in [6.45, 7) is 7.82. The Morgan fingerprint density at radius 2 is 1.95 bits per heavy atom. The Balaban J connectivity index is 2.29. The van der Waals surface area contributed by atoms with E-state index in [0.29, 0.717) is 10.9 Å². The van der Waals surface area contributed by atoms with E-state index in [9.17, 15) is 8.42 Å². The molecule has 0 amide bonds. The Kier molecular flexibility index (Phi) is 7.31. The van der Waals surface area contributed by atoms with Crippen molar-refractivity contribution in [3.05, 3.63) is 16.5 Å². The molecule has 0 saturated carbocycles. The minimum Gasteiger partial charge on any atom is -0.304 e. The number of halogens is 1. The largest absolute Gasteiger partial charge is 0.304 e. The van der Waals surface area contributed by atoms with Gasteiger partial charge in [0.05, 0.1) is 4.34 Å². The van der Waals surface area contributed by atoms with Gasteiger partial charge < -0.3 is 4.90 Å². The van der Waals surface area contributed by atoms with Crippen LogP contribution in [0.25, 0.3) is 0 Å². The van der Waals surface area contributed by atoms with Crippen LogP contribution in [0.4, 0.5) is 0 Å². The van der Waals surface area contributed by atoms with E-state index in [4.69, 9.17) is 11.6 Å². The first-order valence-electron chi connectivity index (χ1n) is 6.47. The smallest absolute Gasteiger partial charge is 0.250 e. The monoisotopic (exact) mass is 324 g/mol. The first-order valence-corrected chi connectivity index (χ1v) is 9.14. The number of nitrogens with one attached hydrogen (secondary N) is 1. The molecule has 0 radical (unpaired) electrons. The third kappa shape index (κ3) is 5.79. The first kappa shape index (κ1) is 16.9. The second kappa shape index (κ2) is 8.21. The molecular formula is C12H21ClN2O2S2. The molecule has 1 N–H and O–H groups in total. The SMILES string of the molecule is CCN(CC)CCCCNS(=O)(=O)c1ccc(Cl)s1. The number of hydrogen-bond acceptors (Lipinski definition) is 4. The zero-order valence-electron chi connectivity index (χ0n) is 11.4.